The normalized spacial score (nSPS) is 20.1. The van der Waals surface area contributed by atoms with Crippen LogP contribution in [-0.4, -0.2) is 47.2 Å². The standard InChI is InChI=1S/C12H21NO4/c1-11(2,10(15)16)7-9(14)13-5-6-17-8-12(13,3)4/h5-8H2,1-4H3,(H,15,16). The van der Waals surface area contributed by atoms with Crippen LogP contribution >= 0.6 is 0 Å². The lowest BCUT2D eigenvalue weighted by atomic mass is 9.88. The summed E-state index contributed by atoms with van der Waals surface area (Å²) in [6.45, 7) is 8.54. The number of morpholine rings is 1. The van der Waals surface area contributed by atoms with Gasteiger partial charge in [-0.25, -0.2) is 0 Å². The molecule has 1 rings (SSSR count). The van der Waals surface area contributed by atoms with Crippen molar-refractivity contribution >= 4 is 11.9 Å². The Labute approximate surface area is 102 Å². The number of aliphatic carboxylic acids is 1. The molecule has 98 valence electrons. The van der Waals surface area contributed by atoms with Gasteiger partial charge in [0.15, 0.2) is 0 Å². The van der Waals surface area contributed by atoms with Crippen LogP contribution in [-0.2, 0) is 14.3 Å². The summed E-state index contributed by atoms with van der Waals surface area (Å²) in [4.78, 5) is 24.9. The van der Waals surface area contributed by atoms with E-state index in [1.807, 2.05) is 13.8 Å². The van der Waals surface area contributed by atoms with E-state index in [0.717, 1.165) is 0 Å². The Hall–Kier alpha value is -1.10. The lowest BCUT2D eigenvalue weighted by molar-refractivity contribution is -0.157. The van der Waals surface area contributed by atoms with Crippen molar-refractivity contribution in [3.05, 3.63) is 0 Å². The highest BCUT2D eigenvalue weighted by Gasteiger charge is 2.38. The van der Waals surface area contributed by atoms with Gasteiger partial charge in [0.25, 0.3) is 0 Å². The lowest BCUT2D eigenvalue weighted by Crippen LogP contribution is -2.56. The molecule has 1 amide bonds. The van der Waals surface area contributed by atoms with Crippen molar-refractivity contribution in [3.63, 3.8) is 0 Å². The van der Waals surface area contributed by atoms with Crippen molar-refractivity contribution in [2.24, 2.45) is 5.41 Å². The first-order valence-electron chi connectivity index (χ1n) is 5.78. The SMILES string of the molecule is CC(C)(CC(=O)N1CCOCC1(C)C)C(=O)O. The topological polar surface area (TPSA) is 66.8 Å². The monoisotopic (exact) mass is 243 g/mol. The quantitative estimate of drug-likeness (QED) is 0.806. The van der Waals surface area contributed by atoms with Gasteiger partial charge in [0, 0.05) is 13.0 Å². The summed E-state index contributed by atoms with van der Waals surface area (Å²) in [5, 5.41) is 9.02. The molecular weight excluding hydrogens is 222 g/mol. The Morgan fingerprint density at radius 1 is 1.41 bits per heavy atom. The molecular formula is C12H21NO4. The second-order valence-electron chi connectivity index (χ2n) is 5.78. The molecule has 1 fully saturated rings. The number of hydrogen-bond acceptors (Lipinski definition) is 3. The Balaban J connectivity index is 2.73. The van der Waals surface area contributed by atoms with Gasteiger partial charge in [-0.1, -0.05) is 0 Å². The molecule has 5 nitrogen and oxygen atoms in total. The fourth-order valence-electron chi connectivity index (χ4n) is 1.87. The predicted octanol–water partition coefficient (Wildman–Crippen LogP) is 1.12. The van der Waals surface area contributed by atoms with Crippen LogP contribution in [0.15, 0.2) is 0 Å². The third-order valence-corrected chi connectivity index (χ3v) is 3.12. The zero-order valence-corrected chi connectivity index (χ0v) is 10.9. The number of rotatable bonds is 3. The Morgan fingerprint density at radius 2 is 2.00 bits per heavy atom. The minimum Gasteiger partial charge on any atom is -0.481 e. The number of carbonyl (C=O) groups excluding carboxylic acids is 1. The van der Waals surface area contributed by atoms with Crippen molar-refractivity contribution in [1.29, 1.82) is 0 Å². The molecule has 1 aliphatic heterocycles. The van der Waals surface area contributed by atoms with Crippen LogP contribution in [0.2, 0.25) is 0 Å². The molecule has 0 radical (unpaired) electrons. The van der Waals surface area contributed by atoms with E-state index in [1.165, 1.54) is 0 Å². The highest BCUT2D eigenvalue weighted by molar-refractivity contribution is 5.84. The third kappa shape index (κ3) is 3.19. The summed E-state index contributed by atoms with van der Waals surface area (Å²) < 4.78 is 5.33. The van der Waals surface area contributed by atoms with Gasteiger partial charge in [-0.05, 0) is 27.7 Å². The number of hydrogen-bond donors (Lipinski definition) is 1. The van der Waals surface area contributed by atoms with Crippen LogP contribution in [0, 0.1) is 5.41 Å². The van der Waals surface area contributed by atoms with Crippen LogP contribution in [0.3, 0.4) is 0 Å². The fraction of sp³-hybridized carbons (Fsp3) is 0.833. The van der Waals surface area contributed by atoms with Crippen molar-refractivity contribution in [2.75, 3.05) is 19.8 Å². The first-order valence-corrected chi connectivity index (χ1v) is 5.78. The van der Waals surface area contributed by atoms with E-state index in [9.17, 15) is 9.59 Å². The highest BCUT2D eigenvalue weighted by atomic mass is 16.5. The summed E-state index contributed by atoms with van der Waals surface area (Å²) in [6, 6.07) is 0. The maximum atomic E-state index is 12.1. The summed E-state index contributed by atoms with van der Waals surface area (Å²) in [6.07, 6.45) is 0.0196. The van der Waals surface area contributed by atoms with E-state index in [0.29, 0.717) is 19.8 Å². The second kappa shape index (κ2) is 4.64. The third-order valence-electron chi connectivity index (χ3n) is 3.12. The van der Waals surface area contributed by atoms with Gasteiger partial charge in [-0.3, -0.25) is 9.59 Å². The van der Waals surface area contributed by atoms with E-state index in [4.69, 9.17) is 9.84 Å². The summed E-state index contributed by atoms with van der Waals surface area (Å²) >= 11 is 0. The first-order chi connectivity index (χ1) is 7.67. The van der Waals surface area contributed by atoms with Gasteiger partial charge in [-0.2, -0.15) is 0 Å². The number of carboxylic acids is 1. The maximum Gasteiger partial charge on any atom is 0.309 e. The smallest absolute Gasteiger partial charge is 0.309 e. The van der Waals surface area contributed by atoms with Crippen molar-refractivity contribution < 1.29 is 19.4 Å². The molecule has 1 heterocycles. The molecule has 1 N–H and O–H groups in total. The molecule has 1 saturated heterocycles. The van der Waals surface area contributed by atoms with Crippen molar-refractivity contribution in [1.82, 2.24) is 4.90 Å². The van der Waals surface area contributed by atoms with Gasteiger partial charge < -0.3 is 14.7 Å². The average Bonchev–Trinajstić information content (AvgIpc) is 2.15. The second-order valence-corrected chi connectivity index (χ2v) is 5.78. The highest BCUT2D eigenvalue weighted by Crippen LogP contribution is 2.26. The number of nitrogens with zero attached hydrogens (tertiary/aromatic N) is 1. The van der Waals surface area contributed by atoms with Gasteiger partial charge in [-0.15, -0.1) is 0 Å². The molecule has 0 saturated carbocycles. The minimum absolute atomic E-state index is 0.0196. The summed E-state index contributed by atoms with van der Waals surface area (Å²) in [7, 11) is 0. The Morgan fingerprint density at radius 3 is 2.47 bits per heavy atom. The molecule has 0 unspecified atom stereocenters. The zero-order chi connectivity index (χ0) is 13.3. The molecule has 5 heteroatoms. The molecule has 0 aromatic heterocycles. The van der Waals surface area contributed by atoms with Crippen LogP contribution in [0.1, 0.15) is 34.1 Å². The van der Waals surface area contributed by atoms with Crippen LogP contribution < -0.4 is 0 Å². The van der Waals surface area contributed by atoms with Crippen molar-refractivity contribution in [3.8, 4) is 0 Å². The molecule has 0 aromatic rings. The van der Waals surface area contributed by atoms with Crippen molar-refractivity contribution in [2.45, 2.75) is 39.7 Å². The van der Waals surface area contributed by atoms with E-state index in [2.05, 4.69) is 0 Å². The Kier molecular flexibility index (Phi) is 3.81. The molecule has 0 spiro atoms. The molecule has 1 aliphatic rings. The first kappa shape index (κ1) is 14.0. The lowest BCUT2D eigenvalue weighted by Gasteiger charge is -2.43. The number of ether oxygens (including phenoxy) is 1. The van der Waals surface area contributed by atoms with Crippen LogP contribution in [0.5, 0.6) is 0 Å². The maximum absolute atomic E-state index is 12.1. The number of amides is 1. The molecule has 0 aromatic carbocycles. The van der Waals surface area contributed by atoms with Gasteiger partial charge >= 0.3 is 5.97 Å². The van der Waals surface area contributed by atoms with Gasteiger partial charge in [0.2, 0.25) is 5.91 Å². The molecule has 0 atom stereocenters. The largest absolute Gasteiger partial charge is 0.481 e. The predicted molar refractivity (Wildman–Crippen MR) is 62.6 cm³/mol. The average molecular weight is 243 g/mol. The Bertz CT molecular complexity index is 322. The van der Waals surface area contributed by atoms with Gasteiger partial charge in [0.05, 0.1) is 24.2 Å². The van der Waals surface area contributed by atoms with Crippen LogP contribution in [0.25, 0.3) is 0 Å². The van der Waals surface area contributed by atoms with E-state index in [-0.39, 0.29) is 17.9 Å². The molecule has 0 aliphatic carbocycles. The van der Waals surface area contributed by atoms with E-state index in [1.54, 1.807) is 18.7 Å². The molecule has 0 bridgehead atoms. The van der Waals surface area contributed by atoms with E-state index < -0.39 is 11.4 Å². The van der Waals surface area contributed by atoms with E-state index >= 15 is 0 Å². The van der Waals surface area contributed by atoms with Crippen LogP contribution in [0.4, 0.5) is 0 Å². The summed E-state index contributed by atoms with van der Waals surface area (Å²) in [5.41, 5.74) is -1.38. The molecule has 17 heavy (non-hydrogen) atoms. The fourth-order valence-corrected chi connectivity index (χ4v) is 1.87. The zero-order valence-electron chi connectivity index (χ0n) is 10.9. The minimum atomic E-state index is -1.02. The van der Waals surface area contributed by atoms with Gasteiger partial charge in [0.1, 0.15) is 0 Å². The number of carboxylic acid groups (broad SMARTS) is 1. The summed E-state index contributed by atoms with van der Waals surface area (Å²) in [5.74, 6) is -1.07. The number of carbonyl (C=O) groups is 2.